The molecule has 0 fully saturated rings. The molecule has 0 bridgehead atoms. The Balaban J connectivity index is 1.83. The molecule has 0 atom stereocenters. The van der Waals surface area contributed by atoms with Crippen molar-refractivity contribution in [3.63, 3.8) is 0 Å². The summed E-state index contributed by atoms with van der Waals surface area (Å²) in [6.45, 7) is 0.143. The summed E-state index contributed by atoms with van der Waals surface area (Å²) in [5.41, 5.74) is 12.9. The van der Waals surface area contributed by atoms with E-state index in [9.17, 15) is 9.18 Å². The normalized spacial score (nSPS) is 10.9. The van der Waals surface area contributed by atoms with Crippen LogP contribution < -0.4 is 16.8 Å². The first-order chi connectivity index (χ1) is 13.9. The molecule has 3 heterocycles. The van der Waals surface area contributed by atoms with Crippen LogP contribution in [0.4, 0.5) is 26.5 Å². The number of fused-ring (bicyclic) bond motifs is 1. The molecule has 4 aromatic rings. The molecule has 10 nitrogen and oxygen atoms in total. The van der Waals surface area contributed by atoms with E-state index >= 15 is 0 Å². The number of rotatable bonds is 4. The SMILES string of the molecule is Nc1nc(-c2nn(Cc3ccccc3F)c3ncccc23)nc(N)c1NC(=O)O. The molecule has 3 aromatic heterocycles. The van der Waals surface area contributed by atoms with Crippen molar-refractivity contribution in [3.8, 4) is 11.5 Å². The summed E-state index contributed by atoms with van der Waals surface area (Å²) in [7, 11) is 0. The van der Waals surface area contributed by atoms with E-state index in [1.807, 2.05) is 0 Å². The molecule has 0 aliphatic carbocycles. The average molecular weight is 394 g/mol. The lowest BCUT2D eigenvalue weighted by atomic mass is 10.2. The van der Waals surface area contributed by atoms with Crippen LogP contribution in [0.25, 0.3) is 22.6 Å². The van der Waals surface area contributed by atoms with Crippen molar-refractivity contribution in [1.29, 1.82) is 0 Å². The maximum Gasteiger partial charge on any atom is 0.409 e. The third kappa shape index (κ3) is 3.36. The number of hydrogen-bond acceptors (Lipinski definition) is 7. The number of carboxylic acid groups (broad SMARTS) is 1. The minimum atomic E-state index is -1.34. The molecule has 0 saturated carbocycles. The van der Waals surface area contributed by atoms with Crippen molar-refractivity contribution in [2.75, 3.05) is 16.8 Å². The monoisotopic (exact) mass is 394 g/mol. The predicted octanol–water partition coefficient (Wildman–Crippen LogP) is 2.33. The molecule has 0 aliphatic heterocycles. The Morgan fingerprint density at radius 3 is 2.55 bits per heavy atom. The number of pyridine rings is 1. The summed E-state index contributed by atoms with van der Waals surface area (Å²) < 4.78 is 15.6. The number of hydrogen-bond donors (Lipinski definition) is 4. The van der Waals surface area contributed by atoms with Crippen LogP contribution in [0.3, 0.4) is 0 Å². The number of amides is 1. The number of nitrogens with two attached hydrogens (primary N) is 2. The third-order valence-corrected chi connectivity index (χ3v) is 4.19. The van der Waals surface area contributed by atoms with E-state index in [1.54, 1.807) is 36.5 Å². The average Bonchev–Trinajstić information content (AvgIpc) is 3.05. The lowest BCUT2D eigenvalue weighted by Crippen LogP contribution is -2.14. The van der Waals surface area contributed by atoms with E-state index in [0.29, 0.717) is 22.3 Å². The van der Waals surface area contributed by atoms with Crippen LogP contribution in [0.5, 0.6) is 0 Å². The third-order valence-electron chi connectivity index (χ3n) is 4.19. The molecule has 1 aromatic carbocycles. The van der Waals surface area contributed by atoms with Crippen molar-refractivity contribution >= 4 is 34.4 Å². The summed E-state index contributed by atoms with van der Waals surface area (Å²) in [5, 5.41) is 16.0. The molecule has 0 unspecified atom stereocenters. The molecule has 146 valence electrons. The highest BCUT2D eigenvalue weighted by atomic mass is 19.1. The van der Waals surface area contributed by atoms with Gasteiger partial charge in [-0.15, -0.1) is 0 Å². The van der Waals surface area contributed by atoms with Gasteiger partial charge in [0, 0.05) is 11.8 Å². The number of benzene rings is 1. The molecule has 0 spiro atoms. The summed E-state index contributed by atoms with van der Waals surface area (Å²) in [4.78, 5) is 23.5. The van der Waals surface area contributed by atoms with E-state index in [1.165, 1.54) is 10.7 Å². The van der Waals surface area contributed by atoms with Gasteiger partial charge in [-0.2, -0.15) is 5.10 Å². The lowest BCUT2D eigenvalue weighted by Gasteiger charge is -2.08. The Morgan fingerprint density at radius 2 is 1.86 bits per heavy atom. The highest BCUT2D eigenvalue weighted by Gasteiger charge is 2.20. The molecular formula is C18H15FN8O2. The molecule has 0 radical (unpaired) electrons. The van der Waals surface area contributed by atoms with Gasteiger partial charge in [-0.1, -0.05) is 18.2 Å². The van der Waals surface area contributed by atoms with Gasteiger partial charge >= 0.3 is 6.09 Å². The molecule has 11 heteroatoms. The van der Waals surface area contributed by atoms with Crippen LogP contribution >= 0.6 is 0 Å². The van der Waals surface area contributed by atoms with Crippen LogP contribution in [-0.4, -0.2) is 35.9 Å². The van der Waals surface area contributed by atoms with Gasteiger partial charge < -0.3 is 16.6 Å². The van der Waals surface area contributed by atoms with E-state index in [2.05, 4.69) is 25.4 Å². The van der Waals surface area contributed by atoms with Crippen LogP contribution in [0.1, 0.15) is 5.56 Å². The maximum absolute atomic E-state index is 14.1. The van der Waals surface area contributed by atoms with E-state index < -0.39 is 6.09 Å². The molecule has 0 aliphatic rings. The van der Waals surface area contributed by atoms with Crippen LogP contribution in [0.15, 0.2) is 42.6 Å². The summed E-state index contributed by atoms with van der Waals surface area (Å²) >= 11 is 0. The summed E-state index contributed by atoms with van der Waals surface area (Å²) in [6.07, 6.45) is 0.248. The van der Waals surface area contributed by atoms with Gasteiger partial charge in [0.25, 0.3) is 0 Å². The predicted molar refractivity (Wildman–Crippen MR) is 105 cm³/mol. The maximum atomic E-state index is 14.1. The lowest BCUT2D eigenvalue weighted by molar-refractivity contribution is 0.209. The van der Waals surface area contributed by atoms with Gasteiger partial charge in [-0.25, -0.2) is 28.8 Å². The van der Waals surface area contributed by atoms with Crippen molar-refractivity contribution in [1.82, 2.24) is 24.7 Å². The second-order valence-corrected chi connectivity index (χ2v) is 6.10. The quantitative estimate of drug-likeness (QED) is 0.410. The van der Waals surface area contributed by atoms with Crippen LogP contribution in [0, 0.1) is 5.82 Å². The first kappa shape index (κ1) is 18.1. The fraction of sp³-hybridized carbons (Fsp3) is 0.0556. The number of nitrogens with zero attached hydrogens (tertiary/aromatic N) is 5. The Bertz CT molecular complexity index is 1220. The van der Waals surface area contributed by atoms with Gasteiger partial charge in [-0.05, 0) is 18.2 Å². The van der Waals surface area contributed by atoms with Gasteiger partial charge in [0.15, 0.2) is 23.1 Å². The topological polar surface area (TPSA) is 158 Å². The van der Waals surface area contributed by atoms with Crippen molar-refractivity contribution in [2.24, 2.45) is 0 Å². The summed E-state index contributed by atoms with van der Waals surface area (Å²) in [6, 6.07) is 9.85. The van der Waals surface area contributed by atoms with Gasteiger partial charge in [0.2, 0.25) is 0 Å². The molecule has 6 N–H and O–H groups in total. The highest BCUT2D eigenvalue weighted by molar-refractivity contribution is 5.94. The largest absolute Gasteiger partial charge is 0.465 e. The zero-order chi connectivity index (χ0) is 20.5. The molecular weight excluding hydrogens is 379 g/mol. The fourth-order valence-corrected chi connectivity index (χ4v) is 2.91. The van der Waals surface area contributed by atoms with Crippen molar-refractivity contribution in [3.05, 3.63) is 54.0 Å². The van der Waals surface area contributed by atoms with Crippen molar-refractivity contribution < 1.29 is 14.3 Å². The standard InChI is InChI=1S/C18H15FN8O2/c19-11-6-2-1-4-9(11)8-27-17-10(5-3-7-22-17)12(26-27)16-24-14(20)13(15(21)25-16)23-18(28)29/h1-7,23H,8H2,(H,28,29)(H4,20,21,24,25). The van der Waals surface area contributed by atoms with E-state index in [-0.39, 0.29) is 35.5 Å². The summed E-state index contributed by atoms with van der Waals surface area (Å²) in [5.74, 6) is -0.546. The molecule has 4 rings (SSSR count). The number of carbonyl (C=O) groups is 1. The minimum absolute atomic E-state index is 0.0984. The Labute approximate surface area is 163 Å². The van der Waals surface area contributed by atoms with E-state index in [0.717, 1.165) is 0 Å². The number of halogens is 1. The second-order valence-electron chi connectivity index (χ2n) is 6.10. The van der Waals surface area contributed by atoms with Gasteiger partial charge in [0.1, 0.15) is 17.2 Å². The Kier molecular flexibility index (Phi) is 4.39. The highest BCUT2D eigenvalue weighted by Crippen LogP contribution is 2.30. The van der Waals surface area contributed by atoms with Crippen LogP contribution in [-0.2, 0) is 6.54 Å². The smallest absolute Gasteiger partial charge is 0.409 e. The number of nitrogens with one attached hydrogen (secondary N) is 1. The van der Waals surface area contributed by atoms with E-state index in [4.69, 9.17) is 16.6 Å². The number of nitrogen functional groups attached to an aromatic ring is 2. The van der Waals surface area contributed by atoms with Crippen molar-refractivity contribution in [2.45, 2.75) is 6.54 Å². The zero-order valence-corrected chi connectivity index (χ0v) is 14.9. The molecule has 1 amide bonds. The molecule has 0 saturated heterocycles. The fourth-order valence-electron chi connectivity index (χ4n) is 2.91. The number of anilines is 3. The van der Waals surface area contributed by atoms with Gasteiger partial charge in [0.05, 0.1) is 11.9 Å². The number of aromatic nitrogens is 5. The van der Waals surface area contributed by atoms with Gasteiger partial charge in [-0.3, -0.25) is 5.32 Å². The molecule has 29 heavy (non-hydrogen) atoms. The first-order valence-corrected chi connectivity index (χ1v) is 8.42. The Morgan fingerprint density at radius 1 is 1.14 bits per heavy atom. The minimum Gasteiger partial charge on any atom is -0.465 e. The first-order valence-electron chi connectivity index (χ1n) is 8.42. The second kappa shape index (κ2) is 7.03. The zero-order valence-electron chi connectivity index (χ0n) is 14.9. The Hall–Kier alpha value is -4.28. The van der Waals surface area contributed by atoms with Crippen LogP contribution in [0.2, 0.25) is 0 Å².